The standard InChI is InChI=1S/C13H22O/c1-2-9-14-10-13-11-7-5-3-4-6-8-12(11)13/h3-4,11-13H,2,5-10H2,1H3/b4-3+/t11-,12+,13+. The number of hydrogen-bond acceptors (Lipinski definition) is 1. The van der Waals surface area contributed by atoms with Crippen molar-refractivity contribution in [1.82, 2.24) is 0 Å². The highest BCUT2D eigenvalue weighted by Crippen LogP contribution is 2.52. The summed E-state index contributed by atoms with van der Waals surface area (Å²) in [5.74, 6) is 2.90. The second-order valence-electron chi connectivity index (χ2n) is 4.69. The van der Waals surface area contributed by atoms with Crippen LogP contribution < -0.4 is 0 Å². The van der Waals surface area contributed by atoms with Gasteiger partial charge in [-0.15, -0.1) is 0 Å². The average molecular weight is 194 g/mol. The molecule has 0 bridgehead atoms. The van der Waals surface area contributed by atoms with E-state index in [1.807, 2.05) is 0 Å². The molecule has 0 aromatic carbocycles. The molecular formula is C13H22O. The summed E-state index contributed by atoms with van der Waals surface area (Å²) in [6.07, 6.45) is 11.3. The monoisotopic (exact) mass is 194 g/mol. The third-order valence-corrected chi connectivity index (χ3v) is 3.67. The zero-order valence-electron chi connectivity index (χ0n) is 9.24. The van der Waals surface area contributed by atoms with Gasteiger partial charge in [0.2, 0.25) is 0 Å². The zero-order chi connectivity index (χ0) is 9.80. The molecule has 0 radical (unpaired) electrons. The summed E-state index contributed by atoms with van der Waals surface area (Å²) in [6.45, 7) is 4.16. The fourth-order valence-corrected chi connectivity index (χ4v) is 2.80. The lowest BCUT2D eigenvalue weighted by Crippen LogP contribution is -1.99. The molecule has 2 aliphatic carbocycles. The molecule has 0 aromatic rings. The van der Waals surface area contributed by atoms with E-state index < -0.39 is 0 Å². The SMILES string of the molecule is CCCOC[C@H]1[C@@H]2CC/C=C/CC[C@@H]21. The molecule has 0 amide bonds. The minimum atomic E-state index is 0.904. The van der Waals surface area contributed by atoms with Gasteiger partial charge in [0.1, 0.15) is 0 Å². The third kappa shape index (κ3) is 2.38. The predicted molar refractivity (Wildman–Crippen MR) is 59.2 cm³/mol. The summed E-state index contributed by atoms with van der Waals surface area (Å²) in [4.78, 5) is 0. The quantitative estimate of drug-likeness (QED) is 0.492. The van der Waals surface area contributed by atoms with E-state index in [2.05, 4.69) is 19.1 Å². The van der Waals surface area contributed by atoms with E-state index in [4.69, 9.17) is 4.74 Å². The highest BCUT2D eigenvalue weighted by molar-refractivity contribution is 5.01. The predicted octanol–water partition coefficient (Wildman–Crippen LogP) is 3.41. The Bertz CT molecular complexity index is 181. The first kappa shape index (κ1) is 10.2. The van der Waals surface area contributed by atoms with Crippen molar-refractivity contribution < 1.29 is 4.74 Å². The Labute approximate surface area is 87.5 Å². The molecular weight excluding hydrogens is 172 g/mol. The molecule has 3 atom stereocenters. The molecule has 0 unspecified atom stereocenters. The lowest BCUT2D eigenvalue weighted by molar-refractivity contribution is 0.118. The van der Waals surface area contributed by atoms with E-state index in [-0.39, 0.29) is 0 Å². The largest absolute Gasteiger partial charge is 0.381 e. The Kier molecular flexibility index (Phi) is 3.63. The first-order chi connectivity index (χ1) is 6.93. The molecule has 1 heteroatoms. The molecule has 14 heavy (non-hydrogen) atoms. The maximum atomic E-state index is 5.66. The highest BCUT2D eigenvalue weighted by Gasteiger charge is 2.48. The van der Waals surface area contributed by atoms with E-state index in [1.165, 1.54) is 25.7 Å². The normalized spacial score (nSPS) is 38.2. The van der Waals surface area contributed by atoms with Crippen LogP contribution in [0.2, 0.25) is 0 Å². The van der Waals surface area contributed by atoms with E-state index in [1.54, 1.807) is 0 Å². The first-order valence-electron chi connectivity index (χ1n) is 6.16. The molecule has 1 nitrogen and oxygen atoms in total. The minimum absolute atomic E-state index is 0.904. The molecule has 1 fully saturated rings. The van der Waals surface area contributed by atoms with Crippen LogP contribution in [0.1, 0.15) is 39.0 Å². The molecule has 0 N–H and O–H groups in total. The average Bonchev–Trinajstić information content (AvgIpc) is 2.76. The molecule has 1 saturated carbocycles. The van der Waals surface area contributed by atoms with E-state index in [0.717, 1.165) is 37.4 Å². The fraction of sp³-hybridized carbons (Fsp3) is 0.846. The molecule has 0 aliphatic heterocycles. The summed E-state index contributed by atoms with van der Waals surface area (Å²) in [6, 6.07) is 0. The first-order valence-corrected chi connectivity index (χ1v) is 6.16. The minimum Gasteiger partial charge on any atom is -0.381 e. The van der Waals surface area contributed by atoms with Crippen molar-refractivity contribution in [2.24, 2.45) is 17.8 Å². The lowest BCUT2D eigenvalue weighted by atomic mass is 10.1. The van der Waals surface area contributed by atoms with Crippen LogP contribution >= 0.6 is 0 Å². The number of hydrogen-bond donors (Lipinski definition) is 0. The van der Waals surface area contributed by atoms with Gasteiger partial charge in [0.25, 0.3) is 0 Å². The van der Waals surface area contributed by atoms with Gasteiger partial charge in [-0.25, -0.2) is 0 Å². The molecule has 2 aliphatic rings. The smallest absolute Gasteiger partial charge is 0.0499 e. The molecule has 0 heterocycles. The van der Waals surface area contributed by atoms with Crippen LogP contribution in [0, 0.1) is 17.8 Å². The Morgan fingerprint density at radius 1 is 1.14 bits per heavy atom. The summed E-state index contributed by atoms with van der Waals surface area (Å²) >= 11 is 0. The van der Waals surface area contributed by atoms with E-state index >= 15 is 0 Å². The van der Waals surface area contributed by atoms with Crippen LogP contribution in [-0.4, -0.2) is 13.2 Å². The van der Waals surface area contributed by atoms with Crippen molar-refractivity contribution in [3.8, 4) is 0 Å². The number of fused-ring (bicyclic) bond motifs is 1. The summed E-state index contributed by atoms with van der Waals surface area (Å²) in [5.41, 5.74) is 0. The van der Waals surface area contributed by atoms with E-state index in [0.29, 0.717) is 0 Å². The van der Waals surface area contributed by atoms with Crippen molar-refractivity contribution in [2.75, 3.05) is 13.2 Å². The molecule has 0 spiro atoms. The van der Waals surface area contributed by atoms with Crippen molar-refractivity contribution in [2.45, 2.75) is 39.0 Å². The molecule has 2 rings (SSSR count). The number of ether oxygens (including phenoxy) is 1. The Morgan fingerprint density at radius 2 is 1.79 bits per heavy atom. The van der Waals surface area contributed by atoms with Crippen molar-refractivity contribution >= 4 is 0 Å². The topological polar surface area (TPSA) is 9.23 Å². The van der Waals surface area contributed by atoms with Crippen molar-refractivity contribution in [1.29, 1.82) is 0 Å². The second kappa shape index (κ2) is 4.97. The summed E-state index contributed by atoms with van der Waals surface area (Å²) < 4.78 is 5.66. The van der Waals surface area contributed by atoms with Crippen molar-refractivity contribution in [3.63, 3.8) is 0 Å². The number of allylic oxidation sites excluding steroid dienone is 2. The Hall–Kier alpha value is -0.300. The molecule has 80 valence electrons. The van der Waals surface area contributed by atoms with Gasteiger partial charge in [0.15, 0.2) is 0 Å². The van der Waals surface area contributed by atoms with Gasteiger partial charge in [0, 0.05) is 13.2 Å². The lowest BCUT2D eigenvalue weighted by Gasteiger charge is -2.00. The van der Waals surface area contributed by atoms with Gasteiger partial charge in [-0.2, -0.15) is 0 Å². The number of rotatable bonds is 4. The van der Waals surface area contributed by atoms with Crippen LogP contribution in [0.25, 0.3) is 0 Å². The van der Waals surface area contributed by atoms with Crippen LogP contribution in [0.3, 0.4) is 0 Å². The Balaban J connectivity index is 1.71. The fourth-order valence-electron chi connectivity index (χ4n) is 2.80. The van der Waals surface area contributed by atoms with E-state index in [9.17, 15) is 0 Å². The highest BCUT2D eigenvalue weighted by atomic mass is 16.5. The molecule has 0 aromatic heterocycles. The van der Waals surface area contributed by atoms with Crippen LogP contribution in [0.4, 0.5) is 0 Å². The van der Waals surface area contributed by atoms with Crippen LogP contribution in [0.5, 0.6) is 0 Å². The zero-order valence-corrected chi connectivity index (χ0v) is 9.24. The van der Waals surface area contributed by atoms with Crippen molar-refractivity contribution in [3.05, 3.63) is 12.2 Å². The van der Waals surface area contributed by atoms with Crippen LogP contribution in [0.15, 0.2) is 12.2 Å². The Morgan fingerprint density at radius 3 is 2.36 bits per heavy atom. The van der Waals surface area contributed by atoms with Gasteiger partial charge in [0.05, 0.1) is 0 Å². The van der Waals surface area contributed by atoms with Gasteiger partial charge in [-0.05, 0) is 49.9 Å². The van der Waals surface area contributed by atoms with Gasteiger partial charge < -0.3 is 4.74 Å². The van der Waals surface area contributed by atoms with Gasteiger partial charge in [-0.3, -0.25) is 0 Å². The maximum absolute atomic E-state index is 5.66. The summed E-state index contributed by atoms with van der Waals surface area (Å²) in [5, 5.41) is 0. The third-order valence-electron chi connectivity index (χ3n) is 3.67. The molecule has 0 saturated heterocycles. The van der Waals surface area contributed by atoms with Crippen LogP contribution in [-0.2, 0) is 4.74 Å². The summed E-state index contributed by atoms with van der Waals surface area (Å²) in [7, 11) is 0. The second-order valence-corrected chi connectivity index (χ2v) is 4.69. The van der Waals surface area contributed by atoms with Gasteiger partial charge >= 0.3 is 0 Å². The van der Waals surface area contributed by atoms with Gasteiger partial charge in [-0.1, -0.05) is 19.1 Å². The maximum Gasteiger partial charge on any atom is 0.0499 e.